The summed E-state index contributed by atoms with van der Waals surface area (Å²) in [7, 11) is 3.16. The molecule has 0 spiro atoms. The van der Waals surface area contributed by atoms with Gasteiger partial charge < -0.3 is 9.47 Å². The minimum Gasteiger partial charge on any atom is -0.497 e. The van der Waals surface area contributed by atoms with Gasteiger partial charge in [0.15, 0.2) is 11.2 Å². The average molecular weight is 425 g/mol. The van der Waals surface area contributed by atoms with Crippen molar-refractivity contribution in [2.45, 2.75) is 26.8 Å². The molecule has 3 heterocycles. The third-order valence-electron chi connectivity index (χ3n) is 5.20. The van der Waals surface area contributed by atoms with Crippen LogP contribution in [-0.2, 0) is 23.1 Å². The Morgan fingerprint density at radius 1 is 1.16 bits per heavy atom. The monoisotopic (exact) mass is 425 g/mol. The van der Waals surface area contributed by atoms with Gasteiger partial charge in [-0.2, -0.15) is 4.98 Å². The van der Waals surface area contributed by atoms with Crippen LogP contribution < -0.4 is 16.0 Å². The number of carbonyl (C=O) groups excluding carboxylic acids is 1. The zero-order valence-corrected chi connectivity index (χ0v) is 17.8. The van der Waals surface area contributed by atoms with E-state index in [1.54, 1.807) is 31.7 Å². The molecule has 0 aliphatic rings. The molecule has 1 aromatic carbocycles. The molecule has 0 N–H and O–H groups in total. The fraction of sp³-hybridized carbons (Fsp3) is 0.333. The van der Waals surface area contributed by atoms with Crippen LogP contribution in [0, 0.1) is 6.92 Å². The van der Waals surface area contributed by atoms with Crippen molar-refractivity contribution in [3.63, 3.8) is 0 Å². The molecule has 10 nitrogen and oxygen atoms in total. The number of benzene rings is 1. The maximum atomic E-state index is 13.2. The summed E-state index contributed by atoms with van der Waals surface area (Å²) in [4.78, 5) is 42.3. The lowest BCUT2D eigenvalue weighted by Crippen LogP contribution is -2.39. The number of hydrogen-bond donors (Lipinski definition) is 0. The summed E-state index contributed by atoms with van der Waals surface area (Å²) in [6.07, 6.45) is 1.73. The van der Waals surface area contributed by atoms with Gasteiger partial charge in [0, 0.05) is 31.2 Å². The Kier molecular flexibility index (Phi) is 5.14. The number of fused-ring (bicyclic) bond motifs is 3. The minimum absolute atomic E-state index is 0.0638. The molecule has 10 heteroatoms. The number of methoxy groups -OCH3 is 1. The minimum atomic E-state index is -0.532. The fourth-order valence-electron chi connectivity index (χ4n) is 3.69. The van der Waals surface area contributed by atoms with Crippen LogP contribution in [0.3, 0.4) is 0 Å². The predicted molar refractivity (Wildman–Crippen MR) is 114 cm³/mol. The van der Waals surface area contributed by atoms with Crippen LogP contribution in [0.25, 0.3) is 22.6 Å². The molecule has 3 aromatic heterocycles. The van der Waals surface area contributed by atoms with E-state index < -0.39 is 17.2 Å². The summed E-state index contributed by atoms with van der Waals surface area (Å²) in [5.41, 5.74) is 1.23. The highest BCUT2D eigenvalue weighted by Gasteiger charge is 2.21. The van der Waals surface area contributed by atoms with Gasteiger partial charge in [0.05, 0.1) is 20.1 Å². The average Bonchev–Trinajstić information content (AvgIpc) is 3.27. The molecule has 0 atom stereocenters. The van der Waals surface area contributed by atoms with Crippen molar-refractivity contribution in [2.24, 2.45) is 7.05 Å². The number of esters is 1. The standard InChI is InChI=1S/C21H23N5O5/c1-5-31-16(27)10-11-24-19(28)17-18(23(3)21(24)29)22-20-25(17)12-13(2)26(20)14-6-8-15(30-4)9-7-14/h6-9,12H,5,10-11H2,1-4H3. The normalized spacial score (nSPS) is 11.4. The molecular weight excluding hydrogens is 402 g/mol. The van der Waals surface area contributed by atoms with Crippen LogP contribution in [0.5, 0.6) is 5.75 Å². The number of ether oxygens (including phenoxy) is 2. The molecule has 0 saturated carbocycles. The largest absolute Gasteiger partial charge is 0.497 e. The lowest BCUT2D eigenvalue weighted by atomic mass is 10.3. The van der Waals surface area contributed by atoms with Gasteiger partial charge in [-0.15, -0.1) is 0 Å². The fourth-order valence-corrected chi connectivity index (χ4v) is 3.69. The van der Waals surface area contributed by atoms with Gasteiger partial charge in [-0.25, -0.2) is 4.79 Å². The van der Waals surface area contributed by atoms with E-state index in [1.165, 1.54) is 4.57 Å². The van der Waals surface area contributed by atoms with Crippen molar-refractivity contribution in [1.82, 2.24) is 23.1 Å². The van der Waals surface area contributed by atoms with Crippen LogP contribution in [0.2, 0.25) is 0 Å². The van der Waals surface area contributed by atoms with Crippen molar-refractivity contribution in [1.29, 1.82) is 0 Å². The molecular formula is C21H23N5O5. The molecule has 4 rings (SSSR count). The summed E-state index contributed by atoms with van der Waals surface area (Å²) in [6.45, 7) is 3.79. The lowest BCUT2D eigenvalue weighted by Gasteiger charge is -2.08. The SMILES string of the molecule is CCOC(=O)CCn1c(=O)c2c(nc3n(-c4ccc(OC)cc4)c(C)cn23)n(C)c1=O. The van der Waals surface area contributed by atoms with Crippen molar-refractivity contribution in [3.05, 3.63) is 57.0 Å². The number of aryl methyl sites for hydroxylation is 2. The molecule has 0 unspecified atom stereocenters. The third kappa shape index (κ3) is 3.29. The molecule has 0 aliphatic carbocycles. The predicted octanol–water partition coefficient (Wildman–Crippen LogP) is 1.41. The summed E-state index contributed by atoms with van der Waals surface area (Å²) >= 11 is 0. The summed E-state index contributed by atoms with van der Waals surface area (Å²) in [5, 5.41) is 0. The maximum absolute atomic E-state index is 13.2. The molecule has 0 bridgehead atoms. The maximum Gasteiger partial charge on any atom is 0.332 e. The van der Waals surface area contributed by atoms with E-state index >= 15 is 0 Å². The van der Waals surface area contributed by atoms with Crippen LogP contribution >= 0.6 is 0 Å². The smallest absolute Gasteiger partial charge is 0.332 e. The molecule has 162 valence electrons. The first-order chi connectivity index (χ1) is 14.9. The van der Waals surface area contributed by atoms with Gasteiger partial charge >= 0.3 is 11.7 Å². The number of nitrogens with zero attached hydrogens (tertiary/aromatic N) is 5. The summed E-state index contributed by atoms with van der Waals surface area (Å²) in [5.74, 6) is 0.773. The second-order valence-corrected chi connectivity index (χ2v) is 7.11. The van der Waals surface area contributed by atoms with Gasteiger partial charge in [0.2, 0.25) is 5.78 Å². The Labute approximate surface area is 176 Å². The highest BCUT2D eigenvalue weighted by Crippen LogP contribution is 2.22. The van der Waals surface area contributed by atoms with Crippen molar-refractivity contribution < 1.29 is 14.3 Å². The zero-order chi connectivity index (χ0) is 22.3. The Hall–Kier alpha value is -3.82. The van der Waals surface area contributed by atoms with Crippen LogP contribution in [0.1, 0.15) is 19.0 Å². The Balaban J connectivity index is 1.91. The number of rotatable bonds is 6. The Morgan fingerprint density at radius 3 is 2.52 bits per heavy atom. The number of hydrogen-bond acceptors (Lipinski definition) is 6. The van der Waals surface area contributed by atoms with Gasteiger partial charge in [-0.3, -0.25) is 27.7 Å². The van der Waals surface area contributed by atoms with E-state index in [9.17, 15) is 14.4 Å². The topological polar surface area (TPSA) is 102 Å². The molecule has 0 aliphatic heterocycles. The van der Waals surface area contributed by atoms with E-state index in [1.807, 2.05) is 35.8 Å². The van der Waals surface area contributed by atoms with E-state index in [0.29, 0.717) is 5.78 Å². The Bertz CT molecular complexity index is 1400. The van der Waals surface area contributed by atoms with Crippen molar-refractivity contribution in [3.8, 4) is 11.4 Å². The van der Waals surface area contributed by atoms with Crippen LogP contribution in [0.15, 0.2) is 40.1 Å². The molecule has 0 saturated heterocycles. The molecule has 4 aromatic rings. The van der Waals surface area contributed by atoms with Gasteiger partial charge in [-0.05, 0) is 38.1 Å². The van der Waals surface area contributed by atoms with E-state index in [2.05, 4.69) is 4.98 Å². The van der Waals surface area contributed by atoms with Crippen molar-refractivity contribution in [2.75, 3.05) is 13.7 Å². The highest BCUT2D eigenvalue weighted by molar-refractivity contribution is 5.76. The number of aromatic nitrogens is 5. The zero-order valence-electron chi connectivity index (χ0n) is 17.8. The molecule has 0 amide bonds. The highest BCUT2D eigenvalue weighted by atomic mass is 16.5. The van der Waals surface area contributed by atoms with Crippen molar-refractivity contribution >= 4 is 22.9 Å². The molecule has 0 fully saturated rings. The van der Waals surface area contributed by atoms with E-state index in [-0.39, 0.29) is 30.7 Å². The van der Waals surface area contributed by atoms with Gasteiger partial charge in [-0.1, -0.05) is 0 Å². The van der Waals surface area contributed by atoms with Crippen LogP contribution in [0.4, 0.5) is 0 Å². The van der Waals surface area contributed by atoms with E-state index in [4.69, 9.17) is 9.47 Å². The molecule has 0 radical (unpaired) electrons. The number of carbonyl (C=O) groups is 1. The second kappa shape index (κ2) is 7.78. The first-order valence-corrected chi connectivity index (χ1v) is 9.87. The third-order valence-corrected chi connectivity index (χ3v) is 5.20. The summed E-state index contributed by atoms with van der Waals surface area (Å²) < 4.78 is 16.1. The van der Waals surface area contributed by atoms with Gasteiger partial charge in [0.25, 0.3) is 5.56 Å². The molecule has 31 heavy (non-hydrogen) atoms. The van der Waals surface area contributed by atoms with Gasteiger partial charge in [0.1, 0.15) is 5.75 Å². The first kappa shape index (κ1) is 20.5. The van der Waals surface area contributed by atoms with E-state index in [0.717, 1.165) is 21.7 Å². The van der Waals surface area contributed by atoms with Crippen LogP contribution in [-0.4, -0.2) is 42.8 Å². The number of imidazole rings is 2. The first-order valence-electron chi connectivity index (χ1n) is 9.87. The Morgan fingerprint density at radius 2 is 1.87 bits per heavy atom. The second-order valence-electron chi connectivity index (χ2n) is 7.11. The lowest BCUT2D eigenvalue weighted by molar-refractivity contribution is -0.143. The summed E-state index contributed by atoms with van der Waals surface area (Å²) in [6, 6.07) is 7.46. The quantitative estimate of drug-likeness (QED) is 0.433.